The van der Waals surface area contributed by atoms with Crippen LogP contribution < -0.4 is 11.5 Å². The number of benzene rings is 1. The van der Waals surface area contributed by atoms with Gasteiger partial charge in [0.05, 0.1) is 11.4 Å². The minimum absolute atomic E-state index is 0.447. The molecule has 0 bridgehead atoms. The van der Waals surface area contributed by atoms with Crippen LogP contribution in [0.2, 0.25) is 0 Å². The van der Waals surface area contributed by atoms with Crippen molar-refractivity contribution in [2.75, 3.05) is 11.5 Å². The Kier molecular flexibility index (Phi) is 1.22. The first-order valence-corrected chi connectivity index (χ1v) is 3.99. The normalized spacial score (nSPS) is 20.1. The lowest BCUT2D eigenvalue weighted by Gasteiger charge is -2.30. The molecule has 0 fully saturated rings. The van der Waals surface area contributed by atoms with Crippen molar-refractivity contribution >= 4 is 16.9 Å². The van der Waals surface area contributed by atoms with E-state index in [1.165, 1.54) is 11.1 Å². The molecule has 1 unspecified atom stereocenters. The van der Waals surface area contributed by atoms with E-state index >= 15 is 0 Å². The molecule has 0 heterocycles. The first-order chi connectivity index (χ1) is 5.61. The van der Waals surface area contributed by atoms with Crippen molar-refractivity contribution in [3.63, 3.8) is 0 Å². The zero-order valence-electron chi connectivity index (χ0n) is 7.09. The van der Waals surface area contributed by atoms with Gasteiger partial charge in [0.2, 0.25) is 0 Å². The van der Waals surface area contributed by atoms with Crippen molar-refractivity contribution in [2.24, 2.45) is 0 Å². The predicted molar refractivity (Wildman–Crippen MR) is 52.7 cm³/mol. The summed E-state index contributed by atoms with van der Waals surface area (Å²) < 4.78 is 0. The monoisotopic (exact) mass is 160 g/mol. The highest BCUT2D eigenvalue weighted by Crippen LogP contribution is 2.46. The van der Waals surface area contributed by atoms with Gasteiger partial charge in [0.1, 0.15) is 0 Å². The molecule has 62 valence electrons. The highest BCUT2D eigenvalue weighted by molar-refractivity contribution is 5.87. The Hall–Kier alpha value is -1.44. The highest BCUT2D eigenvalue weighted by Gasteiger charge is 2.26. The predicted octanol–water partition coefficient (Wildman–Crippen LogP) is 1.98. The summed E-state index contributed by atoms with van der Waals surface area (Å²) >= 11 is 0. The fraction of sp³-hybridized carbons (Fsp3) is 0.200. The van der Waals surface area contributed by atoms with Crippen LogP contribution in [0.5, 0.6) is 0 Å². The minimum Gasteiger partial charge on any atom is -0.397 e. The summed E-state index contributed by atoms with van der Waals surface area (Å²) in [5.41, 5.74) is 16.3. The maximum Gasteiger partial charge on any atom is 0.0554 e. The van der Waals surface area contributed by atoms with Gasteiger partial charge in [-0.15, -0.1) is 0 Å². The first-order valence-electron chi connectivity index (χ1n) is 3.99. The van der Waals surface area contributed by atoms with Crippen LogP contribution in [0.1, 0.15) is 24.0 Å². The molecule has 1 aliphatic carbocycles. The number of rotatable bonds is 0. The van der Waals surface area contributed by atoms with Gasteiger partial charge in [-0.25, -0.2) is 0 Å². The Labute approximate surface area is 71.9 Å². The molecule has 2 heteroatoms. The first kappa shape index (κ1) is 7.22. The van der Waals surface area contributed by atoms with Crippen LogP contribution in [-0.4, -0.2) is 0 Å². The Morgan fingerprint density at radius 2 is 1.83 bits per heavy atom. The van der Waals surface area contributed by atoms with Crippen molar-refractivity contribution in [3.8, 4) is 0 Å². The molecule has 1 aromatic rings. The van der Waals surface area contributed by atoms with Crippen LogP contribution in [-0.2, 0) is 0 Å². The Morgan fingerprint density at radius 1 is 1.25 bits per heavy atom. The minimum atomic E-state index is 0.447. The lowest BCUT2D eigenvalue weighted by molar-refractivity contribution is 0.922. The molecule has 0 aromatic heterocycles. The summed E-state index contributed by atoms with van der Waals surface area (Å²) in [6, 6.07) is 3.86. The van der Waals surface area contributed by atoms with E-state index in [2.05, 4.69) is 13.5 Å². The number of nitrogens with two attached hydrogens (primary N) is 2. The fourth-order valence-corrected chi connectivity index (χ4v) is 1.63. The third-order valence-corrected chi connectivity index (χ3v) is 2.59. The van der Waals surface area contributed by atoms with Gasteiger partial charge in [0, 0.05) is 5.92 Å². The van der Waals surface area contributed by atoms with Crippen LogP contribution >= 0.6 is 0 Å². The molecule has 1 atom stereocenters. The van der Waals surface area contributed by atoms with Gasteiger partial charge in [-0.2, -0.15) is 0 Å². The van der Waals surface area contributed by atoms with E-state index in [-0.39, 0.29) is 0 Å². The molecule has 4 N–H and O–H groups in total. The van der Waals surface area contributed by atoms with Crippen molar-refractivity contribution in [1.82, 2.24) is 0 Å². The summed E-state index contributed by atoms with van der Waals surface area (Å²) in [6.45, 7) is 6.08. The molecule has 0 saturated carbocycles. The summed E-state index contributed by atoms with van der Waals surface area (Å²) in [4.78, 5) is 0. The third-order valence-electron chi connectivity index (χ3n) is 2.59. The van der Waals surface area contributed by atoms with Gasteiger partial charge in [0.15, 0.2) is 0 Å². The van der Waals surface area contributed by atoms with Gasteiger partial charge in [-0.1, -0.05) is 13.5 Å². The van der Waals surface area contributed by atoms with E-state index < -0.39 is 0 Å². The molecule has 0 aliphatic heterocycles. The number of nitrogen functional groups attached to an aromatic ring is 2. The second-order valence-electron chi connectivity index (χ2n) is 3.32. The number of allylic oxidation sites excluding steroid dienone is 1. The van der Waals surface area contributed by atoms with E-state index in [0.717, 1.165) is 5.57 Å². The smallest absolute Gasteiger partial charge is 0.0554 e. The Bertz CT molecular complexity index is 366. The average Bonchev–Trinajstić information content (AvgIpc) is 2.08. The van der Waals surface area contributed by atoms with E-state index in [0.29, 0.717) is 17.3 Å². The summed E-state index contributed by atoms with van der Waals surface area (Å²) in [7, 11) is 0. The van der Waals surface area contributed by atoms with Crippen molar-refractivity contribution in [1.29, 1.82) is 0 Å². The maximum atomic E-state index is 5.68. The molecule has 0 amide bonds. The Balaban J connectivity index is 2.62. The quantitative estimate of drug-likeness (QED) is 0.570. The highest BCUT2D eigenvalue weighted by atomic mass is 14.7. The molecule has 2 nitrogen and oxygen atoms in total. The summed E-state index contributed by atoms with van der Waals surface area (Å²) in [5, 5.41) is 0. The van der Waals surface area contributed by atoms with Crippen LogP contribution in [0, 0.1) is 0 Å². The van der Waals surface area contributed by atoms with E-state index in [1.54, 1.807) is 0 Å². The average molecular weight is 160 g/mol. The summed E-state index contributed by atoms with van der Waals surface area (Å²) in [5.74, 6) is 0.447. The number of hydrogen-bond donors (Lipinski definition) is 2. The summed E-state index contributed by atoms with van der Waals surface area (Å²) in [6.07, 6.45) is 0. The van der Waals surface area contributed by atoms with Crippen molar-refractivity contribution < 1.29 is 0 Å². The van der Waals surface area contributed by atoms with Gasteiger partial charge in [0.25, 0.3) is 0 Å². The second kappa shape index (κ2) is 2.03. The molecule has 0 radical (unpaired) electrons. The fourth-order valence-electron chi connectivity index (χ4n) is 1.63. The number of fused-ring (bicyclic) bond motifs is 1. The van der Waals surface area contributed by atoms with Gasteiger partial charge >= 0.3 is 0 Å². The van der Waals surface area contributed by atoms with Crippen molar-refractivity contribution in [2.45, 2.75) is 12.8 Å². The van der Waals surface area contributed by atoms with Gasteiger partial charge < -0.3 is 11.5 Å². The maximum absolute atomic E-state index is 5.68. The number of hydrogen-bond acceptors (Lipinski definition) is 2. The van der Waals surface area contributed by atoms with Crippen LogP contribution in [0.25, 0.3) is 5.57 Å². The molecule has 2 rings (SSSR count). The molecule has 1 aromatic carbocycles. The number of anilines is 2. The molecular weight excluding hydrogens is 148 g/mol. The Morgan fingerprint density at radius 3 is 2.50 bits per heavy atom. The lowest BCUT2D eigenvalue weighted by Crippen LogP contribution is -2.13. The molecular formula is C10H12N2. The standard InChI is InChI=1S/C10H12N2/c1-5-6(2)8-4-10(12)9(11)3-7(5)8/h3-4,6H,1,11-12H2,2H3. The van der Waals surface area contributed by atoms with Crippen LogP contribution in [0.4, 0.5) is 11.4 Å². The van der Waals surface area contributed by atoms with Crippen LogP contribution in [0.15, 0.2) is 18.7 Å². The SMILES string of the molecule is C=C1c2cc(N)c(N)cc2C1C. The van der Waals surface area contributed by atoms with E-state index in [4.69, 9.17) is 11.5 Å². The largest absolute Gasteiger partial charge is 0.397 e. The van der Waals surface area contributed by atoms with Crippen molar-refractivity contribution in [3.05, 3.63) is 29.8 Å². The van der Waals surface area contributed by atoms with Crippen LogP contribution in [0.3, 0.4) is 0 Å². The zero-order chi connectivity index (χ0) is 8.88. The molecule has 0 spiro atoms. The lowest BCUT2D eigenvalue weighted by atomic mass is 9.74. The third kappa shape index (κ3) is 0.694. The molecule has 1 aliphatic rings. The van der Waals surface area contributed by atoms with E-state index in [9.17, 15) is 0 Å². The van der Waals surface area contributed by atoms with Gasteiger partial charge in [-0.05, 0) is 28.8 Å². The molecule has 12 heavy (non-hydrogen) atoms. The molecule has 0 saturated heterocycles. The topological polar surface area (TPSA) is 52.0 Å². The second-order valence-corrected chi connectivity index (χ2v) is 3.32. The van der Waals surface area contributed by atoms with Gasteiger partial charge in [-0.3, -0.25) is 0 Å². The zero-order valence-corrected chi connectivity index (χ0v) is 7.09. The van der Waals surface area contributed by atoms with E-state index in [1.807, 2.05) is 12.1 Å².